The smallest absolute Gasteiger partial charge is 0.392 e. The number of aliphatic hydroxyl groups excluding tert-OH is 1. The van der Waals surface area contributed by atoms with Gasteiger partial charge in [0.05, 0.1) is 12.7 Å². The first-order chi connectivity index (χ1) is 5.95. The van der Waals surface area contributed by atoms with E-state index in [4.69, 9.17) is 9.66 Å². The van der Waals surface area contributed by atoms with Crippen LogP contribution in [0.25, 0.3) is 0 Å². The van der Waals surface area contributed by atoms with Crippen molar-refractivity contribution >= 4 is 10.4 Å². The molecule has 0 saturated heterocycles. The summed E-state index contributed by atoms with van der Waals surface area (Å²) in [6, 6.07) is 0. The quantitative estimate of drug-likeness (QED) is 0.377. The first-order valence-corrected chi connectivity index (χ1v) is 5.33. The Balaban J connectivity index is 3.27. The Morgan fingerprint density at radius 3 is 2.62 bits per heavy atom. The molecule has 0 rings (SSSR count). The van der Waals surface area contributed by atoms with E-state index in [1.54, 1.807) is 0 Å². The van der Waals surface area contributed by atoms with E-state index in [2.05, 4.69) is 9.50 Å². The summed E-state index contributed by atoms with van der Waals surface area (Å²) in [5.74, 6) is 0. The molecule has 0 bridgehead atoms. The molecule has 3 N–H and O–H groups in total. The van der Waals surface area contributed by atoms with E-state index in [0.29, 0.717) is 13.0 Å². The third kappa shape index (κ3) is 9.71. The monoisotopic (exact) mass is 213 g/mol. The maximum Gasteiger partial charge on any atom is 0.397 e. The van der Waals surface area contributed by atoms with Crippen LogP contribution in [0.1, 0.15) is 13.3 Å². The van der Waals surface area contributed by atoms with Crippen LogP contribution in [-0.2, 0) is 14.6 Å². The molecule has 7 heteroatoms. The fourth-order valence-electron chi connectivity index (χ4n) is 0.632. The van der Waals surface area contributed by atoms with Crippen LogP contribution in [0.15, 0.2) is 0 Å². The Labute approximate surface area is 77.9 Å². The van der Waals surface area contributed by atoms with Crippen LogP contribution in [0.4, 0.5) is 0 Å². The van der Waals surface area contributed by atoms with Crippen LogP contribution in [0, 0.1) is 0 Å². The van der Waals surface area contributed by atoms with Gasteiger partial charge in [-0.15, -0.1) is 0 Å². The molecule has 0 aliphatic heterocycles. The number of aliphatic hydroxyl groups is 1. The molecule has 80 valence electrons. The van der Waals surface area contributed by atoms with Crippen LogP contribution in [0.3, 0.4) is 0 Å². The van der Waals surface area contributed by atoms with Crippen molar-refractivity contribution in [3.8, 4) is 0 Å². The van der Waals surface area contributed by atoms with Crippen molar-refractivity contribution < 1.29 is 22.3 Å². The zero-order valence-electron chi connectivity index (χ0n) is 7.43. The molecule has 0 aromatic carbocycles. The molecule has 0 fully saturated rings. The minimum Gasteiger partial charge on any atom is -0.392 e. The maximum absolute atomic E-state index is 10.0. The summed E-state index contributed by atoms with van der Waals surface area (Å²) in [5.41, 5.74) is 0. The lowest BCUT2D eigenvalue weighted by Gasteiger charge is -2.08. The van der Waals surface area contributed by atoms with E-state index < -0.39 is 16.5 Å². The molecule has 0 heterocycles. The van der Waals surface area contributed by atoms with E-state index in [1.165, 1.54) is 0 Å². The normalized spacial score (nSPS) is 14.4. The highest BCUT2D eigenvalue weighted by molar-refractivity contribution is 7.80. The Hall–Kier alpha value is -0.210. The Morgan fingerprint density at radius 1 is 1.54 bits per heavy atom. The zero-order chi connectivity index (χ0) is 10.3. The van der Waals surface area contributed by atoms with E-state index in [1.807, 2.05) is 6.92 Å². The lowest BCUT2D eigenvalue weighted by molar-refractivity contribution is 0.164. The van der Waals surface area contributed by atoms with Gasteiger partial charge in [-0.3, -0.25) is 4.55 Å². The number of rotatable bonds is 7. The summed E-state index contributed by atoms with van der Waals surface area (Å²) >= 11 is 0. The highest BCUT2D eigenvalue weighted by Gasteiger charge is 2.03. The van der Waals surface area contributed by atoms with Crippen molar-refractivity contribution in [2.45, 2.75) is 19.4 Å². The first kappa shape index (κ1) is 12.8. The molecule has 0 spiro atoms. The van der Waals surface area contributed by atoms with Gasteiger partial charge in [0.25, 0.3) is 0 Å². The van der Waals surface area contributed by atoms with Crippen molar-refractivity contribution in [1.29, 1.82) is 0 Å². The fourth-order valence-corrected chi connectivity index (χ4v) is 0.926. The Morgan fingerprint density at radius 2 is 2.15 bits per heavy atom. The topological polar surface area (TPSA) is 95.9 Å². The van der Waals surface area contributed by atoms with Gasteiger partial charge in [-0.1, -0.05) is 6.92 Å². The van der Waals surface area contributed by atoms with Gasteiger partial charge in [-0.25, -0.2) is 4.18 Å². The van der Waals surface area contributed by atoms with Crippen LogP contribution in [-0.4, -0.2) is 43.9 Å². The maximum atomic E-state index is 10.0. The minimum absolute atomic E-state index is 0.144. The number of hydrogen-bond acceptors (Lipinski definition) is 5. The average molecular weight is 213 g/mol. The molecule has 0 aliphatic rings. The largest absolute Gasteiger partial charge is 0.397 e. The van der Waals surface area contributed by atoms with Crippen LogP contribution >= 0.6 is 0 Å². The SMILES string of the molecule is CC[C@H](O)CNCCOS(=O)(=O)O. The first-order valence-electron chi connectivity index (χ1n) is 3.96. The van der Waals surface area contributed by atoms with E-state index in [9.17, 15) is 8.42 Å². The standard InChI is InChI=1S/C6H15NO5S/c1-2-6(8)5-7-3-4-12-13(9,10)11/h6-8H,2-5H2,1H3,(H,9,10,11)/t6-/m0/s1. The second kappa shape index (κ2) is 6.28. The molecule has 13 heavy (non-hydrogen) atoms. The summed E-state index contributed by atoms with van der Waals surface area (Å²) in [7, 11) is -4.33. The average Bonchev–Trinajstić information content (AvgIpc) is 2.01. The third-order valence-electron chi connectivity index (χ3n) is 1.36. The summed E-state index contributed by atoms with van der Waals surface area (Å²) in [6.07, 6.45) is 0.192. The van der Waals surface area contributed by atoms with Crippen LogP contribution < -0.4 is 5.32 Å². The van der Waals surface area contributed by atoms with Crippen molar-refractivity contribution in [2.75, 3.05) is 19.7 Å². The van der Waals surface area contributed by atoms with E-state index >= 15 is 0 Å². The molecule has 0 amide bonds. The van der Waals surface area contributed by atoms with Gasteiger partial charge in [0.15, 0.2) is 0 Å². The van der Waals surface area contributed by atoms with Crippen molar-refractivity contribution in [3.63, 3.8) is 0 Å². The van der Waals surface area contributed by atoms with Gasteiger partial charge in [0.2, 0.25) is 0 Å². The molecular weight excluding hydrogens is 198 g/mol. The zero-order valence-corrected chi connectivity index (χ0v) is 8.25. The molecular formula is C6H15NO5S. The second-order valence-electron chi connectivity index (χ2n) is 2.52. The Kier molecular flexibility index (Phi) is 6.17. The Bertz CT molecular complexity index is 215. The summed E-state index contributed by atoms with van der Waals surface area (Å²) in [5, 5.41) is 11.8. The molecule has 1 atom stereocenters. The van der Waals surface area contributed by atoms with Crippen molar-refractivity contribution in [1.82, 2.24) is 5.32 Å². The lowest BCUT2D eigenvalue weighted by Crippen LogP contribution is -2.29. The summed E-state index contributed by atoms with van der Waals surface area (Å²) in [4.78, 5) is 0. The van der Waals surface area contributed by atoms with E-state index in [0.717, 1.165) is 0 Å². The summed E-state index contributed by atoms with van der Waals surface area (Å²) < 4.78 is 32.3. The predicted octanol–water partition coefficient (Wildman–Crippen LogP) is -0.834. The van der Waals surface area contributed by atoms with Gasteiger partial charge >= 0.3 is 10.4 Å². The number of nitrogens with one attached hydrogen (secondary N) is 1. The van der Waals surface area contributed by atoms with Gasteiger partial charge in [-0.2, -0.15) is 8.42 Å². The van der Waals surface area contributed by atoms with Crippen LogP contribution in [0.2, 0.25) is 0 Å². The molecule has 0 unspecified atom stereocenters. The molecule has 0 saturated carbocycles. The van der Waals surface area contributed by atoms with E-state index in [-0.39, 0.29) is 13.2 Å². The molecule has 6 nitrogen and oxygen atoms in total. The molecule has 0 aromatic heterocycles. The van der Waals surface area contributed by atoms with Gasteiger partial charge in [0, 0.05) is 13.1 Å². The van der Waals surface area contributed by atoms with Crippen molar-refractivity contribution in [2.24, 2.45) is 0 Å². The minimum atomic E-state index is -4.33. The van der Waals surface area contributed by atoms with Gasteiger partial charge in [0.1, 0.15) is 0 Å². The lowest BCUT2D eigenvalue weighted by atomic mass is 10.3. The second-order valence-corrected chi connectivity index (χ2v) is 3.61. The summed E-state index contributed by atoms with van der Waals surface area (Å²) in [6.45, 7) is 2.33. The number of hydrogen-bond donors (Lipinski definition) is 3. The van der Waals surface area contributed by atoms with Gasteiger partial charge < -0.3 is 10.4 Å². The fraction of sp³-hybridized carbons (Fsp3) is 1.00. The molecule has 0 aromatic rings. The van der Waals surface area contributed by atoms with Crippen molar-refractivity contribution in [3.05, 3.63) is 0 Å². The molecule has 0 radical (unpaired) electrons. The highest BCUT2D eigenvalue weighted by atomic mass is 32.3. The highest BCUT2D eigenvalue weighted by Crippen LogP contribution is 1.87. The predicted molar refractivity (Wildman–Crippen MR) is 46.7 cm³/mol. The van der Waals surface area contributed by atoms with Gasteiger partial charge in [-0.05, 0) is 6.42 Å². The molecule has 0 aliphatic carbocycles. The van der Waals surface area contributed by atoms with Crippen LogP contribution in [0.5, 0.6) is 0 Å². The third-order valence-corrected chi connectivity index (χ3v) is 1.83.